The van der Waals surface area contributed by atoms with Gasteiger partial charge in [-0.15, -0.1) is 0 Å². The fourth-order valence-corrected chi connectivity index (χ4v) is 2.63. The van der Waals surface area contributed by atoms with Crippen molar-refractivity contribution in [3.8, 4) is 0 Å². The highest BCUT2D eigenvalue weighted by atomic mass is 19.1. The Labute approximate surface area is 113 Å². The Morgan fingerprint density at radius 3 is 2.42 bits per heavy atom. The van der Waals surface area contributed by atoms with Gasteiger partial charge in [0.2, 0.25) is 0 Å². The van der Waals surface area contributed by atoms with Gasteiger partial charge in [0.15, 0.2) is 0 Å². The van der Waals surface area contributed by atoms with Gasteiger partial charge >= 0.3 is 0 Å². The average molecular weight is 265 g/mol. The van der Waals surface area contributed by atoms with E-state index in [0.717, 1.165) is 18.7 Å². The third-order valence-electron chi connectivity index (χ3n) is 4.05. The Bertz CT molecular complexity index is 421. The summed E-state index contributed by atoms with van der Waals surface area (Å²) in [6.07, 6.45) is 2.45. The fraction of sp³-hybridized carbons (Fsp3) is 0.600. The highest BCUT2D eigenvalue weighted by molar-refractivity contribution is 5.16. The normalized spacial score (nSPS) is 21.4. The quantitative estimate of drug-likeness (QED) is 0.851. The molecule has 1 saturated carbocycles. The molecular formula is C15H20FNO2. The van der Waals surface area contributed by atoms with Crippen molar-refractivity contribution in [2.24, 2.45) is 5.41 Å². The van der Waals surface area contributed by atoms with E-state index in [9.17, 15) is 9.50 Å². The van der Waals surface area contributed by atoms with Crippen molar-refractivity contribution in [3.05, 3.63) is 35.6 Å². The van der Waals surface area contributed by atoms with Gasteiger partial charge in [0.05, 0.1) is 25.2 Å². The predicted molar refractivity (Wildman–Crippen MR) is 70.2 cm³/mol. The molecule has 1 saturated heterocycles. The SMILES string of the molecule is OCC1(CN(Cc2ccc(F)cc2)C2CC2)COC1. The number of aliphatic hydroxyl groups excluding tert-OH is 1. The van der Waals surface area contributed by atoms with Crippen LogP contribution in [-0.2, 0) is 11.3 Å². The van der Waals surface area contributed by atoms with Gasteiger partial charge in [0, 0.05) is 19.1 Å². The van der Waals surface area contributed by atoms with Crippen LogP contribution in [0.15, 0.2) is 24.3 Å². The summed E-state index contributed by atoms with van der Waals surface area (Å²) in [6, 6.07) is 7.32. The van der Waals surface area contributed by atoms with Crippen LogP contribution in [0.5, 0.6) is 0 Å². The summed E-state index contributed by atoms with van der Waals surface area (Å²) in [4.78, 5) is 2.41. The summed E-state index contributed by atoms with van der Waals surface area (Å²) >= 11 is 0. The molecule has 104 valence electrons. The lowest BCUT2D eigenvalue weighted by molar-refractivity contribution is -0.150. The van der Waals surface area contributed by atoms with Gasteiger partial charge in [-0.25, -0.2) is 4.39 Å². The monoisotopic (exact) mass is 265 g/mol. The lowest BCUT2D eigenvalue weighted by atomic mass is 9.86. The first-order valence-corrected chi connectivity index (χ1v) is 6.88. The van der Waals surface area contributed by atoms with E-state index in [-0.39, 0.29) is 17.8 Å². The first-order valence-electron chi connectivity index (χ1n) is 6.88. The van der Waals surface area contributed by atoms with Crippen LogP contribution in [0.25, 0.3) is 0 Å². The molecule has 1 aliphatic heterocycles. The summed E-state index contributed by atoms with van der Waals surface area (Å²) in [5.41, 5.74) is 1.05. The zero-order valence-electron chi connectivity index (χ0n) is 11.0. The van der Waals surface area contributed by atoms with Crippen LogP contribution in [0.2, 0.25) is 0 Å². The standard InChI is InChI=1S/C15H20FNO2/c16-13-3-1-12(2-4-13)7-17(14-5-6-14)8-15(9-18)10-19-11-15/h1-4,14,18H,5-11H2. The van der Waals surface area contributed by atoms with Crippen molar-refractivity contribution < 1.29 is 14.2 Å². The van der Waals surface area contributed by atoms with E-state index in [0.29, 0.717) is 19.3 Å². The van der Waals surface area contributed by atoms with E-state index in [4.69, 9.17) is 4.74 Å². The van der Waals surface area contributed by atoms with Crippen molar-refractivity contribution in [3.63, 3.8) is 0 Å². The van der Waals surface area contributed by atoms with Crippen LogP contribution in [-0.4, -0.2) is 42.4 Å². The van der Waals surface area contributed by atoms with Gasteiger partial charge < -0.3 is 9.84 Å². The molecule has 0 amide bonds. The molecule has 3 rings (SSSR count). The second kappa shape index (κ2) is 5.19. The van der Waals surface area contributed by atoms with Crippen LogP contribution >= 0.6 is 0 Å². The van der Waals surface area contributed by atoms with E-state index in [1.165, 1.54) is 25.0 Å². The molecule has 3 nitrogen and oxygen atoms in total. The second-order valence-electron chi connectivity index (χ2n) is 5.91. The second-order valence-corrected chi connectivity index (χ2v) is 5.91. The molecule has 4 heteroatoms. The molecule has 0 bridgehead atoms. The Kier molecular flexibility index (Phi) is 3.56. The number of hydrogen-bond acceptors (Lipinski definition) is 3. The first-order chi connectivity index (χ1) is 9.21. The largest absolute Gasteiger partial charge is 0.396 e. The van der Waals surface area contributed by atoms with Crippen LogP contribution in [0, 0.1) is 11.2 Å². The minimum atomic E-state index is -0.194. The maximum atomic E-state index is 12.9. The number of ether oxygens (including phenoxy) is 1. The van der Waals surface area contributed by atoms with Gasteiger partial charge in [-0.2, -0.15) is 0 Å². The Morgan fingerprint density at radius 2 is 1.95 bits per heavy atom. The third-order valence-corrected chi connectivity index (χ3v) is 4.05. The zero-order chi connectivity index (χ0) is 13.3. The van der Waals surface area contributed by atoms with Crippen molar-refractivity contribution in [2.75, 3.05) is 26.4 Å². The summed E-state index contributed by atoms with van der Waals surface area (Å²) in [6.45, 7) is 3.17. The highest BCUT2D eigenvalue weighted by Gasteiger charge is 2.42. The number of halogens is 1. The molecule has 19 heavy (non-hydrogen) atoms. The van der Waals surface area contributed by atoms with Crippen LogP contribution in [0.1, 0.15) is 18.4 Å². The third kappa shape index (κ3) is 2.96. The average Bonchev–Trinajstić information content (AvgIpc) is 3.19. The summed E-state index contributed by atoms with van der Waals surface area (Å²) < 4.78 is 18.2. The van der Waals surface area contributed by atoms with Gasteiger partial charge in [0.1, 0.15) is 5.82 Å². The van der Waals surface area contributed by atoms with Crippen LogP contribution < -0.4 is 0 Å². The van der Waals surface area contributed by atoms with E-state index in [1.807, 2.05) is 12.1 Å². The minimum absolute atomic E-state index is 0.0807. The van der Waals surface area contributed by atoms with Gasteiger partial charge in [-0.05, 0) is 30.5 Å². The molecule has 0 atom stereocenters. The Morgan fingerprint density at radius 1 is 1.26 bits per heavy atom. The van der Waals surface area contributed by atoms with E-state index in [2.05, 4.69) is 4.90 Å². The molecule has 2 aliphatic rings. The van der Waals surface area contributed by atoms with Crippen molar-refractivity contribution in [1.82, 2.24) is 4.90 Å². The predicted octanol–water partition coefficient (Wildman–Crippen LogP) is 1.80. The maximum Gasteiger partial charge on any atom is 0.123 e. The number of benzene rings is 1. The number of hydrogen-bond donors (Lipinski definition) is 1. The van der Waals surface area contributed by atoms with Crippen LogP contribution in [0.3, 0.4) is 0 Å². The smallest absolute Gasteiger partial charge is 0.123 e. The van der Waals surface area contributed by atoms with E-state index >= 15 is 0 Å². The summed E-state index contributed by atoms with van der Waals surface area (Å²) in [7, 11) is 0. The zero-order valence-corrected chi connectivity index (χ0v) is 11.0. The highest BCUT2D eigenvalue weighted by Crippen LogP contribution is 2.35. The molecule has 1 N–H and O–H groups in total. The number of nitrogens with zero attached hydrogens (tertiary/aromatic N) is 1. The van der Waals surface area contributed by atoms with Crippen molar-refractivity contribution in [2.45, 2.75) is 25.4 Å². The molecule has 0 radical (unpaired) electrons. The summed E-state index contributed by atoms with van der Waals surface area (Å²) in [5.74, 6) is -0.194. The Balaban J connectivity index is 1.66. The van der Waals surface area contributed by atoms with Crippen LogP contribution in [0.4, 0.5) is 4.39 Å². The molecule has 0 unspecified atom stereocenters. The Hall–Kier alpha value is -0.970. The molecule has 1 aromatic carbocycles. The van der Waals surface area contributed by atoms with Gasteiger partial charge in [0.25, 0.3) is 0 Å². The fourth-order valence-electron chi connectivity index (χ4n) is 2.63. The van der Waals surface area contributed by atoms with E-state index < -0.39 is 0 Å². The topological polar surface area (TPSA) is 32.7 Å². The summed E-state index contributed by atoms with van der Waals surface area (Å²) in [5, 5.41) is 9.53. The maximum absolute atomic E-state index is 12.9. The lowest BCUT2D eigenvalue weighted by Gasteiger charge is -2.43. The molecular weight excluding hydrogens is 245 g/mol. The van der Waals surface area contributed by atoms with E-state index in [1.54, 1.807) is 0 Å². The lowest BCUT2D eigenvalue weighted by Crippen LogP contribution is -2.53. The van der Waals surface area contributed by atoms with Gasteiger partial charge in [-0.1, -0.05) is 12.1 Å². The molecule has 0 spiro atoms. The minimum Gasteiger partial charge on any atom is -0.396 e. The number of rotatable bonds is 6. The van der Waals surface area contributed by atoms with Crippen molar-refractivity contribution >= 4 is 0 Å². The molecule has 1 aliphatic carbocycles. The first kappa shape index (κ1) is 13.0. The molecule has 2 fully saturated rings. The molecule has 0 aromatic heterocycles. The van der Waals surface area contributed by atoms with Gasteiger partial charge in [-0.3, -0.25) is 4.90 Å². The van der Waals surface area contributed by atoms with Crippen molar-refractivity contribution in [1.29, 1.82) is 0 Å². The number of aliphatic hydroxyl groups is 1. The molecule has 1 heterocycles. The molecule has 1 aromatic rings.